The maximum absolute atomic E-state index is 10.5. The van der Waals surface area contributed by atoms with Crippen molar-refractivity contribution in [2.75, 3.05) is 0 Å². The predicted molar refractivity (Wildman–Crippen MR) is 42.9 cm³/mol. The molecule has 0 aliphatic heterocycles. The number of aromatic carboxylic acids is 1. The summed E-state index contributed by atoms with van der Waals surface area (Å²) >= 11 is 0. The standard InChI is InChI=1S/C8H5NO4/c10-3-4-2-9-7-5(4)1-6(13-7)8(11)12/h1-3,9H,(H,11,12). The van der Waals surface area contributed by atoms with Gasteiger partial charge in [0.2, 0.25) is 11.5 Å². The predicted octanol–water partition coefficient (Wildman–Crippen LogP) is 1.27. The molecule has 2 N–H and O–H groups in total. The normalized spacial score (nSPS) is 10.5. The van der Waals surface area contributed by atoms with Crippen molar-refractivity contribution in [3.63, 3.8) is 0 Å². The van der Waals surface area contributed by atoms with E-state index in [4.69, 9.17) is 9.52 Å². The molecule has 2 aromatic rings. The quantitative estimate of drug-likeness (QED) is 0.680. The van der Waals surface area contributed by atoms with Crippen LogP contribution in [0.3, 0.4) is 0 Å². The van der Waals surface area contributed by atoms with Gasteiger partial charge in [-0.1, -0.05) is 0 Å². The Morgan fingerprint density at radius 2 is 2.38 bits per heavy atom. The molecule has 0 amide bonds. The summed E-state index contributed by atoms with van der Waals surface area (Å²) in [5.41, 5.74) is 0.700. The molecule has 0 fully saturated rings. The van der Waals surface area contributed by atoms with Gasteiger partial charge in [0, 0.05) is 17.8 Å². The molecule has 0 atom stereocenters. The number of carboxylic acid groups (broad SMARTS) is 1. The third-order valence-electron chi connectivity index (χ3n) is 1.74. The molecule has 13 heavy (non-hydrogen) atoms. The number of furan rings is 1. The Balaban J connectivity index is 2.69. The third kappa shape index (κ3) is 1.01. The number of aldehydes is 1. The second kappa shape index (κ2) is 2.48. The van der Waals surface area contributed by atoms with Crippen molar-refractivity contribution in [1.29, 1.82) is 0 Å². The smallest absolute Gasteiger partial charge is 0.371 e. The molecule has 0 spiro atoms. The fourth-order valence-electron chi connectivity index (χ4n) is 1.14. The molecule has 2 heterocycles. The minimum atomic E-state index is -1.15. The van der Waals surface area contributed by atoms with Gasteiger partial charge < -0.3 is 14.5 Å². The highest BCUT2D eigenvalue weighted by molar-refractivity contribution is 5.99. The van der Waals surface area contributed by atoms with Crippen LogP contribution in [0.25, 0.3) is 11.1 Å². The first-order valence-corrected chi connectivity index (χ1v) is 3.52. The molecule has 2 rings (SSSR count). The highest BCUT2D eigenvalue weighted by atomic mass is 16.4. The molecular weight excluding hydrogens is 174 g/mol. The van der Waals surface area contributed by atoms with Crippen LogP contribution in [0, 0.1) is 0 Å². The summed E-state index contributed by atoms with van der Waals surface area (Å²) < 4.78 is 4.90. The SMILES string of the molecule is O=Cc1c[nH]c2oc(C(=O)O)cc12. The fourth-order valence-corrected chi connectivity index (χ4v) is 1.14. The fraction of sp³-hybridized carbons (Fsp3) is 0. The van der Waals surface area contributed by atoms with Crippen LogP contribution in [0.5, 0.6) is 0 Å². The number of hydrogen-bond donors (Lipinski definition) is 2. The van der Waals surface area contributed by atoms with Crippen LogP contribution in [0.2, 0.25) is 0 Å². The molecular formula is C8H5NO4. The molecule has 0 aliphatic rings. The zero-order valence-electron chi connectivity index (χ0n) is 6.40. The first kappa shape index (κ1) is 7.60. The average Bonchev–Trinajstić information content (AvgIpc) is 2.60. The van der Waals surface area contributed by atoms with Crippen molar-refractivity contribution in [3.8, 4) is 0 Å². The second-order valence-corrected chi connectivity index (χ2v) is 2.52. The molecule has 0 saturated carbocycles. The van der Waals surface area contributed by atoms with Crippen molar-refractivity contribution in [2.45, 2.75) is 0 Å². The number of hydrogen-bond acceptors (Lipinski definition) is 3. The van der Waals surface area contributed by atoms with Gasteiger partial charge in [-0.3, -0.25) is 4.79 Å². The van der Waals surface area contributed by atoms with Crippen LogP contribution in [-0.2, 0) is 0 Å². The van der Waals surface area contributed by atoms with E-state index in [1.54, 1.807) is 0 Å². The third-order valence-corrected chi connectivity index (χ3v) is 1.74. The maximum Gasteiger partial charge on any atom is 0.371 e. The molecule has 2 aromatic heterocycles. The lowest BCUT2D eigenvalue weighted by atomic mass is 10.2. The van der Waals surface area contributed by atoms with Gasteiger partial charge in [-0.05, 0) is 0 Å². The van der Waals surface area contributed by atoms with E-state index in [1.807, 2.05) is 0 Å². The Labute approximate surface area is 72.0 Å². The Hall–Kier alpha value is -2.04. The lowest BCUT2D eigenvalue weighted by molar-refractivity contribution is 0.0664. The number of nitrogens with one attached hydrogen (secondary N) is 1. The van der Waals surface area contributed by atoms with E-state index in [-0.39, 0.29) is 5.76 Å². The summed E-state index contributed by atoms with van der Waals surface area (Å²) in [7, 11) is 0. The van der Waals surface area contributed by atoms with E-state index in [1.165, 1.54) is 12.3 Å². The zero-order chi connectivity index (χ0) is 9.42. The van der Waals surface area contributed by atoms with E-state index in [9.17, 15) is 9.59 Å². The van der Waals surface area contributed by atoms with Crippen LogP contribution < -0.4 is 0 Å². The number of carbonyl (C=O) groups excluding carboxylic acids is 1. The van der Waals surface area contributed by atoms with E-state index in [0.29, 0.717) is 22.9 Å². The van der Waals surface area contributed by atoms with Crippen LogP contribution in [-0.4, -0.2) is 22.3 Å². The summed E-state index contributed by atoms with van der Waals surface area (Å²) in [6.07, 6.45) is 2.10. The molecule has 0 unspecified atom stereocenters. The Kier molecular flexibility index (Phi) is 1.45. The van der Waals surface area contributed by atoms with Gasteiger partial charge in [0.05, 0.1) is 5.39 Å². The molecule has 0 saturated heterocycles. The summed E-state index contributed by atoms with van der Waals surface area (Å²) in [5, 5.41) is 9.06. The number of aromatic amines is 1. The zero-order valence-corrected chi connectivity index (χ0v) is 6.40. The molecule has 0 radical (unpaired) electrons. The van der Waals surface area contributed by atoms with Crippen molar-refractivity contribution in [2.24, 2.45) is 0 Å². The first-order valence-electron chi connectivity index (χ1n) is 3.52. The van der Waals surface area contributed by atoms with Crippen LogP contribution in [0.4, 0.5) is 0 Å². The van der Waals surface area contributed by atoms with Gasteiger partial charge >= 0.3 is 5.97 Å². The Bertz CT molecular complexity index is 479. The van der Waals surface area contributed by atoms with E-state index in [2.05, 4.69) is 4.98 Å². The van der Waals surface area contributed by atoms with Gasteiger partial charge in [0.25, 0.3) is 0 Å². The Morgan fingerprint density at radius 1 is 1.62 bits per heavy atom. The number of H-pyrrole nitrogens is 1. The lowest BCUT2D eigenvalue weighted by Crippen LogP contribution is -1.91. The summed E-state index contributed by atoms with van der Waals surface area (Å²) in [6, 6.07) is 1.32. The summed E-state index contributed by atoms with van der Waals surface area (Å²) in [4.78, 5) is 23.6. The molecule has 0 bridgehead atoms. The van der Waals surface area contributed by atoms with Crippen LogP contribution in [0.15, 0.2) is 16.7 Å². The second-order valence-electron chi connectivity index (χ2n) is 2.52. The van der Waals surface area contributed by atoms with Gasteiger partial charge in [-0.15, -0.1) is 0 Å². The first-order chi connectivity index (χ1) is 6.22. The highest BCUT2D eigenvalue weighted by Crippen LogP contribution is 2.20. The number of aromatic nitrogens is 1. The van der Waals surface area contributed by atoms with E-state index in [0.717, 1.165) is 0 Å². The van der Waals surface area contributed by atoms with Crippen LogP contribution in [0.1, 0.15) is 20.9 Å². The molecule has 0 aromatic carbocycles. The van der Waals surface area contributed by atoms with E-state index >= 15 is 0 Å². The minimum absolute atomic E-state index is 0.176. The molecule has 66 valence electrons. The average molecular weight is 179 g/mol. The molecule has 5 nitrogen and oxygen atoms in total. The van der Waals surface area contributed by atoms with Gasteiger partial charge in [0.15, 0.2) is 6.29 Å². The summed E-state index contributed by atoms with van der Waals surface area (Å²) in [5.74, 6) is -1.33. The van der Waals surface area contributed by atoms with Crippen molar-refractivity contribution >= 4 is 23.4 Å². The molecule has 0 aliphatic carbocycles. The number of rotatable bonds is 2. The van der Waals surface area contributed by atoms with Crippen LogP contribution >= 0.6 is 0 Å². The van der Waals surface area contributed by atoms with E-state index < -0.39 is 5.97 Å². The largest absolute Gasteiger partial charge is 0.475 e. The van der Waals surface area contributed by atoms with Gasteiger partial charge in [-0.25, -0.2) is 4.79 Å². The van der Waals surface area contributed by atoms with Crippen molar-refractivity contribution in [3.05, 3.63) is 23.6 Å². The van der Waals surface area contributed by atoms with Gasteiger partial charge in [-0.2, -0.15) is 0 Å². The van der Waals surface area contributed by atoms with Gasteiger partial charge in [0.1, 0.15) is 0 Å². The maximum atomic E-state index is 10.5. The molecule has 5 heteroatoms. The number of carboxylic acids is 1. The van der Waals surface area contributed by atoms with Crippen molar-refractivity contribution in [1.82, 2.24) is 4.98 Å². The summed E-state index contributed by atoms with van der Waals surface area (Å²) in [6.45, 7) is 0. The Morgan fingerprint density at radius 3 is 3.00 bits per heavy atom. The highest BCUT2D eigenvalue weighted by Gasteiger charge is 2.13. The monoisotopic (exact) mass is 179 g/mol. The minimum Gasteiger partial charge on any atom is -0.475 e. The number of fused-ring (bicyclic) bond motifs is 1. The number of carbonyl (C=O) groups is 2. The lowest BCUT2D eigenvalue weighted by Gasteiger charge is -1.81. The van der Waals surface area contributed by atoms with Crippen molar-refractivity contribution < 1.29 is 19.1 Å². The topological polar surface area (TPSA) is 83.3 Å².